The normalized spacial score (nSPS) is 10.6. The summed E-state index contributed by atoms with van der Waals surface area (Å²) < 4.78 is 12.3. The smallest absolute Gasteiger partial charge is 0.171 e. The fourth-order valence-corrected chi connectivity index (χ4v) is 2.17. The van der Waals surface area contributed by atoms with E-state index in [1.807, 2.05) is 13.0 Å². The maximum Gasteiger partial charge on any atom is 0.171 e. The zero-order valence-corrected chi connectivity index (χ0v) is 12.1. The number of anilines is 1. The standard InChI is InChI=1S/C13H16ClN3O2/c1-7-5-9(18-3)13(19-4)11(12(7)14)8-6-10(15)17(2)16-8/h5-6H,15H2,1-4H3. The van der Waals surface area contributed by atoms with Crippen molar-refractivity contribution in [3.8, 4) is 22.8 Å². The van der Waals surface area contributed by atoms with Gasteiger partial charge in [-0.1, -0.05) is 11.6 Å². The van der Waals surface area contributed by atoms with Crippen LogP contribution in [0.15, 0.2) is 12.1 Å². The molecule has 0 saturated heterocycles. The van der Waals surface area contributed by atoms with Gasteiger partial charge in [-0.2, -0.15) is 5.10 Å². The molecule has 2 N–H and O–H groups in total. The Balaban J connectivity index is 2.76. The van der Waals surface area contributed by atoms with Crippen molar-refractivity contribution in [1.29, 1.82) is 0 Å². The van der Waals surface area contributed by atoms with Gasteiger partial charge in [-0.25, -0.2) is 0 Å². The summed E-state index contributed by atoms with van der Waals surface area (Å²) >= 11 is 6.38. The van der Waals surface area contributed by atoms with E-state index in [0.29, 0.717) is 33.6 Å². The van der Waals surface area contributed by atoms with E-state index in [0.717, 1.165) is 5.56 Å². The fraction of sp³-hybridized carbons (Fsp3) is 0.308. The van der Waals surface area contributed by atoms with Crippen LogP contribution in [0.1, 0.15) is 5.56 Å². The van der Waals surface area contributed by atoms with Crippen LogP contribution in [0.3, 0.4) is 0 Å². The van der Waals surface area contributed by atoms with Crippen LogP contribution in [-0.2, 0) is 7.05 Å². The number of nitrogens with two attached hydrogens (primary N) is 1. The predicted molar refractivity (Wildman–Crippen MR) is 75.9 cm³/mol. The van der Waals surface area contributed by atoms with Gasteiger partial charge in [0.15, 0.2) is 11.5 Å². The number of nitrogen functional groups attached to an aromatic ring is 1. The van der Waals surface area contributed by atoms with Gasteiger partial charge in [0.2, 0.25) is 0 Å². The van der Waals surface area contributed by atoms with Crippen LogP contribution in [0, 0.1) is 6.92 Å². The van der Waals surface area contributed by atoms with Crippen molar-refractivity contribution in [2.45, 2.75) is 6.92 Å². The molecule has 1 heterocycles. The molecule has 1 aromatic carbocycles. The van der Waals surface area contributed by atoms with E-state index >= 15 is 0 Å². The second-order valence-electron chi connectivity index (χ2n) is 4.20. The molecule has 102 valence electrons. The van der Waals surface area contributed by atoms with Gasteiger partial charge in [0.25, 0.3) is 0 Å². The number of aromatic nitrogens is 2. The molecule has 0 bridgehead atoms. The summed E-state index contributed by atoms with van der Waals surface area (Å²) in [5.41, 5.74) is 8.05. The van der Waals surface area contributed by atoms with Crippen LogP contribution in [0.25, 0.3) is 11.3 Å². The summed E-state index contributed by atoms with van der Waals surface area (Å²) in [6.45, 7) is 1.90. The highest BCUT2D eigenvalue weighted by Crippen LogP contribution is 2.44. The van der Waals surface area contributed by atoms with Gasteiger partial charge in [0, 0.05) is 13.1 Å². The molecule has 0 radical (unpaired) electrons. The van der Waals surface area contributed by atoms with Crippen molar-refractivity contribution in [1.82, 2.24) is 9.78 Å². The molecule has 1 aromatic heterocycles. The number of rotatable bonds is 3. The molecule has 0 aliphatic heterocycles. The van der Waals surface area contributed by atoms with Crippen molar-refractivity contribution in [2.75, 3.05) is 20.0 Å². The second-order valence-corrected chi connectivity index (χ2v) is 4.57. The van der Waals surface area contributed by atoms with E-state index in [2.05, 4.69) is 5.10 Å². The quantitative estimate of drug-likeness (QED) is 0.939. The van der Waals surface area contributed by atoms with Crippen LogP contribution >= 0.6 is 11.6 Å². The van der Waals surface area contributed by atoms with Crippen LogP contribution in [-0.4, -0.2) is 24.0 Å². The highest BCUT2D eigenvalue weighted by atomic mass is 35.5. The lowest BCUT2D eigenvalue weighted by molar-refractivity contribution is 0.356. The largest absolute Gasteiger partial charge is 0.493 e. The van der Waals surface area contributed by atoms with Crippen molar-refractivity contribution < 1.29 is 9.47 Å². The number of methoxy groups -OCH3 is 2. The molecule has 5 nitrogen and oxygen atoms in total. The number of hydrogen-bond donors (Lipinski definition) is 1. The topological polar surface area (TPSA) is 62.3 Å². The third-order valence-corrected chi connectivity index (χ3v) is 3.45. The molecule has 0 amide bonds. The molecule has 0 aliphatic carbocycles. The maximum absolute atomic E-state index is 6.38. The first-order valence-corrected chi connectivity index (χ1v) is 6.08. The lowest BCUT2D eigenvalue weighted by Crippen LogP contribution is -1.98. The van der Waals surface area contributed by atoms with Gasteiger partial charge >= 0.3 is 0 Å². The summed E-state index contributed by atoms with van der Waals surface area (Å²) in [7, 11) is 4.92. The molecule has 2 rings (SSSR count). The SMILES string of the molecule is COc1cc(C)c(Cl)c(-c2cc(N)n(C)n2)c1OC. The monoisotopic (exact) mass is 281 g/mol. The van der Waals surface area contributed by atoms with Crippen molar-refractivity contribution in [3.05, 3.63) is 22.7 Å². The minimum Gasteiger partial charge on any atom is -0.493 e. The third-order valence-electron chi connectivity index (χ3n) is 2.96. The van der Waals surface area contributed by atoms with Crippen LogP contribution in [0.2, 0.25) is 5.02 Å². The maximum atomic E-state index is 6.38. The van der Waals surface area contributed by atoms with E-state index in [1.54, 1.807) is 32.0 Å². The van der Waals surface area contributed by atoms with E-state index in [-0.39, 0.29) is 0 Å². The van der Waals surface area contributed by atoms with Gasteiger partial charge in [-0.05, 0) is 18.6 Å². The number of benzene rings is 1. The lowest BCUT2D eigenvalue weighted by Gasteiger charge is -2.14. The number of aryl methyl sites for hydroxylation is 2. The Morgan fingerprint density at radius 3 is 2.42 bits per heavy atom. The van der Waals surface area contributed by atoms with E-state index < -0.39 is 0 Å². The van der Waals surface area contributed by atoms with Crippen LogP contribution < -0.4 is 15.2 Å². The summed E-state index contributed by atoms with van der Waals surface area (Å²) in [5, 5.41) is 4.92. The van der Waals surface area contributed by atoms with Gasteiger partial charge < -0.3 is 15.2 Å². The second kappa shape index (κ2) is 5.01. The first kappa shape index (κ1) is 13.5. The fourth-order valence-electron chi connectivity index (χ4n) is 1.93. The Morgan fingerprint density at radius 2 is 1.95 bits per heavy atom. The summed E-state index contributed by atoms with van der Waals surface area (Å²) in [4.78, 5) is 0. The average molecular weight is 282 g/mol. The van der Waals surface area contributed by atoms with E-state index in [4.69, 9.17) is 26.8 Å². The number of nitrogens with zero attached hydrogens (tertiary/aromatic N) is 2. The summed E-state index contributed by atoms with van der Waals surface area (Å²) in [5.74, 6) is 1.72. The molecule has 19 heavy (non-hydrogen) atoms. The van der Waals surface area contributed by atoms with Crippen molar-refractivity contribution >= 4 is 17.4 Å². The van der Waals surface area contributed by atoms with E-state index in [1.165, 1.54) is 0 Å². The molecule has 0 fully saturated rings. The van der Waals surface area contributed by atoms with Gasteiger partial charge in [-0.15, -0.1) is 0 Å². The average Bonchev–Trinajstić information content (AvgIpc) is 2.71. The van der Waals surface area contributed by atoms with Crippen molar-refractivity contribution in [2.24, 2.45) is 7.05 Å². The number of hydrogen-bond acceptors (Lipinski definition) is 4. The lowest BCUT2D eigenvalue weighted by atomic mass is 10.1. The number of ether oxygens (including phenoxy) is 2. The summed E-state index contributed by atoms with van der Waals surface area (Å²) in [6.07, 6.45) is 0. The minimum absolute atomic E-state index is 0.550. The Morgan fingerprint density at radius 1 is 1.26 bits per heavy atom. The highest BCUT2D eigenvalue weighted by molar-refractivity contribution is 6.34. The molecule has 0 spiro atoms. The Kier molecular flexibility index (Phi) is 3.57. The molecular weight excluding hydrogens is 266 g/mol. The van der Waals surface area contributed by atoms with Gasteiger partial charge in [0.1, 0.15) is 5.82 Å². The molecule has 0 unspecified atom stereocenters. The molecule has 0 aliphatic rings. The highest BCUT2D eigenvalue weighted by Gasteiger charge is 2.20. The molecule has 0 saturated carbocycles. The summed E-state index contributed by atoms with van der Waals surface area (Å²) in [6, 6.07) is 3.58. The predicted octanol–water partition coefficient (Wildman–Crippen LogP) is 2.65. The van der Waals surface area contributed by atoms with Crippen LogP contribution in [0.4, 0.5) is 5.82 Å². The van der Waals surface area contributed by atoms with Gasteiger partial charge in [0.05, 0.1) is 30.5 Å². The first-order chi connectivity index (χ1) is 8.99. The third kappa shape index (κ3) is 2.21. The Hall–Kier alpha value is -1.88. The zero-order chi connectivity index (χ0) is 14.2. The molecule has 6 heteroatoms. The van der Waals surface area contributed by atoms with Crippen LogP contribution in [0.5, 0.6) is 11.5 Å². The van der Waals surface area contributed by atoms with E-state index in [9.17, 15) is 0 Å². The Bertz CT molecular complexity index is 603. The first-order valence-electron chi connectivity index (χ1n) is 5.70. The molecular formula is C13H16ClN3O2. The van der Waals surface area contributed by atoms with Gasteiger partial charge in [-0.3, -0.25) is 4.68 Å². The minimum atomic E-state index is 0.550. The zero-order valence-electron chi connectivity index (χ0n) is 11.3. The van der Waals surface area contributed by atoms with Crippen molar-refractivity contribution in [3.63, 3.8) is 0 Å². The number of halogens is 1. The molecule has 0 atom stereocenters. The molecule has 2 aromatic rings. The Labute approximate surface area is 116 Å².